The van der Waals surface area contributed by atoms with Crippen LogP contribution in [0.15, 0.2) is 48.5 Å². The van der Waals surface area contributed by atoms with Crippen molar-refractivity contribution in [3.8, 4) is 11.5 Å². The molecule has 0 N–H and O–H groups in total. The van der Waals surface area contributed by atoms with Crippen molar-refractivity contribution in [3.63, 3.8) is 0 Å². The molecule has 0 saturated carbocycles. The summed E-state index contributed by atoms with van der Waals surface area (Å²) in [7, 11) is 0. The lowest BCUT2D eigenvalue weighted by molar-refractivity contribution is 0.259. The first-order valence-electron chi connectivity index (χ1n) is 11.5. The normalized spacial score (nSPS) is 29.3. The average molecular weight is 421 g/mol. The topological polar surface area (TPSA) is 43.5 Å². The zero-order chi connectivity index (χ0) is 21.4. The molecular weight excluding hydrogens is 388 g/mol. The van der Waals surface area contributed by atoms with Crippen LogP contribution in [0.3, 0.4) is 0 Å². The second-order valence-electron chi connectivity index (χ2n) is 9.13. The lowest BCUT2D eigenvalue weighted by Crippen LogP contribution is -2.08. The molecule has 5 unspecified atom stereocenters. The predicted octanol–water partition coefficient (Wildman–Crippen LogP) is 5.68. The molecule has 2 fully saturated rings. The van der Waals surface area contributed by atoms with E-state index in [0.29, 0.717) is 31.3 Å². The van der Waals surface area contributed by atoms with Crippen molar-refractivity contribution < 1.29 is 18.9 Å². The average Bonchev–Trinajstić information content (AvgIpc) is 3.70. The van der Waals surface area contributed by atoms with Crippen LogP contribution >= 0.6 is 0 Å². The van der Waals surface area contributed by atoms with Gasteiger partial charge in [0.25, 0.3) is 0 Å². The molecule has 3 aliphatic rings. The van der Waals surface area contributed by atoms with Crippen molar-refractivity contribution in [1.82, 2.24) is 0 Å². The molecule has 2 aromatic rings. The molecule has 0 radical (unpaired) electrons. The Balaban J connectivity index is 1.16. The predicted molar refractivity (Wildman–Crippen MR) is 122 cm³/mol. The Morgan fingerprint density at radius 2 is 1.58 bits per heavy atom. The quantitative estimate of drug-likeness (QED) is 0.516. The Bertz CT molecular complexity index is 948. The monoisotopic (exact) mass is 420 g/mol. The maximum absolute atomic E-state index is 5.94. The largest absolute Gasteiger partial charge is 0.491 e. The van der Waals surface area contributed by atoms with Crippen LogP contribution in [-0.2, 0) is 9.47 Å². The van der Waals surface area contributed by atoms with Crippen molar-refractivity contribution in [3.05, 3.63) is 65.2 Å². The third kappa shape index (κ3) is 4.97. The van der Waals surface area contributed by atoms with Crippen LogP contribution < -0.4 is 9.47 Å². The molecule has 2 aromatic carbocycles. The summed E-state index contributed by atoms with van der Waals surface area (Å²) in [5, 5.41) is 0. The van der Waals surface area contributed by atoms with Gasteiger partial charge in [0.1, 0.15) is 36.9 Å². The van der Waals surface area contributed by atoms with Crippen molar-refractivity contribution in [1.29, 1.82) is 0 Å². The van der Waals surface area contributed by atoms with E-state index >= 15 is 0 Å². The third-order valence-electron chi connectivity index (χ3n) is 6.80. The van der Waals surface area contributed by atoms with Crippen LogP contribution in [0.2, 0.25) is 0 Å². The Morgan fingerprint density at radius 1 is 0.903 bits per heavy atom. The summed E-state index contributed by atoms with van der Waals surface area (Å²) in [4.78, 5) is 0. The number of benzene rings is 2. The molecule has 0 amide bonds. The summed E-state index contributed by atoms with van der Waals surface area (Å²) in [6.07, 6.45) is 6.98. The number of allylic oxidation sites excluding steroid dienone is 2. The second-order valence-corrected chi connectivity index (χ2v) is 9.13. The maximum Gasteiger partial charge on any atom is 0.122 e. The van der Waals surface area contributed by atoms with E-state index in [-0.39, 0.29) is 12.2 Å². The minimum Gasteiger partial charge on any atom is -0.491 e. The molecule has 4 heteroatoms. The highest BCUT2D eigenvalue weighted by molar-refractivity contribution is 5.68. The SMILES string of the molecule is Cc1cc(C2=CCC(c3ccc(OCC4OC4C)cc3)CC2)ccc1OCC1OC1C. The Kier molecular flexibility index (Phi) is 5.77. The highest BCUT2D eigenvalue weighted by atomic mass is 16.6. The summed E-state index contributed by atoms with van der Waals surface area (Å²) in [5.74, 6) is 2.47. The van der Waals surface area contributed by atoms with Gasteiger partial charge in [-0.3, -0.25) is 0 Å². The van der Waals surface area contributed by atoms with E-state index in [9.17, 15) is 0 Å². The molecule has 0 spiro atoms. The van der Waals surface area contributed by atoms with Gasteiger partial charge in [-0.25, -0.2) is 0 Å². The second kappa shape index (κ2) is 8.68. The molecule has 2 heterocycles. The van der Waals surface area contributed by atoms with Gasteiger partial charge in [0.15, 0.2) is 0 Å². The highest BCUT2D eigenvalue weighted by Gasteiger charge is 2.35. The number of aryl methyl sites for hydroxylation is 1. The first kappa shape index (κ1) is 20.6. The fourth-order valence-corrected chi connectivity index (χ4v) is 4.41. The Morgan fingerprint density at radius 3 is 2.16 bits per heavy atom. The van der Waals surface area contributed by atoms with Gasteiger partial charge < -0.3 is 18.9 Å². The Hall–Kier alpha value is -2.30. The minimum absolute atomic E-state index is 0.258. The number of rotatable bonds is 8. The molecule has 31 heavy (non-hydrogen) atoms. The van der Waals surface area contributed by atoms with Crippen molar-refractivity contribution in [2.24, 2.45) is 0 Å². The van der Waals surface area contributed by atoms with E-state index in [1.54, 1.807) is 0 Å². The van der Waals surface area contributed by atoms with Crippen molar-refractivity contribution >= 4 is 5.57 Å². The summed E-state index contributed by atoms with van der Waals surface area (Å²) in [6.45, 7) is 7.58. The zero-order valence-corrected chi connectivity index (χ0v) is 18.7. The van der Waals surface area contributed by atoms with Gasteiger partial charge in [0.2, 0.25) is 0 Å². The first-order valence-corrected chi connectivity index (χ1v) is 11.5. The zero-order valence-electron chi connectivity index (χ0n) is 18.7. The molecule has 4 nitrogen and oxygen atoms in total. The van der Waals surface area contributed by atoms with E-state index in [1.165, 1.54) is 28.7 Å². The molecule has 5 rings (SSSR count). The lowest BCUT2D eigenvalue weighted by atomic mass is 9.82. The maximum atomic E-state index is 5.94. The van der Waals surface area contributed by atoms with Crippen LogP contribution in [0, 0.1) is 6.92 Å². The standard InChI is InChI=1S/C27H32O4/c1-17-14-23(10-13-25(17)29-16-27-19(3)31-27)22-6-4-20(5-7-22)21-8-11-24(12-9-21)28-15-26-18(2)30-26/h6,8-14,18-20,26-27H,4-5,7,15-16H2,1-3H3. The Labute approximate surface area is 185 Å². The highest BCUT2D eigenvalue weighted by Crippen LogP contribution is 2.37. The van der Waals surface area contributed by atoms with Gasteiger partial charge >= 0.3 is 0 Å². The molecule has 0 bridgehead atoms. The van der Waals surface area contributed by atoms with Crippen LogP contribution in [0.1, 0.15) is 55.7 Å². The molecule has 0 aromatic heterocycles. The van der Waals surface area contributed by atoms with Gasteiger partial charge in [-0.05, 0) is 92.5 Å². The smallest absolute Gasteiger partial charge is 0.122 e. The summed E-state index contributed by atoms with van der Waals surface area (Å²) in [5.41, 5.74) is 5.36. The van der Waals surface area contributed by atoms with E-state index in [4.69, 9.17) is 18.9 Å². The summed E-state index contributed by atoms with van der Waals surface area (Å²) < 4.78 is 22.6. The fourth-order valence-electron chi connectivity index (χ4n) is 4.41. The van der Waals surface area contributed by atoms with E-state index in [1.807, 2.05) is 0 Å². The third-order valence-corrected chi connectivity index (χ3v) is 6.80. The fraction of sp³-hybridized carbons (Fsp3) is 0.481. The van der Waals surface area contributed by atoms with E-state index < -0.39 is 0 Å². The van der Waals surface area contributed by atoms with Crippen molar-refractivity contribution in [2.75, 3.05) is 13.2 Å². The van der Waals surface area contributed by atoms with Crippen LogP contribution in [-0.4, -0.2) is 37.6 Å². The van der Waals surface area contributed by atoms with Crippen LogP contribution in [0.25, 0.3) is 5.57 Å². The minimum atomic E-state index is 0.258. The first-order chi connectivity index (χ1) is 15.1. The summed E-state index contributed by atoms with van der Waals surface area (Å²) in [6, 6.07) is 15.2. The molecule has 1 aliphatic carbocycles. The van der Waals surface area contributed by atoms with E-state index in [0.717, 1.165) is 24.3 Å². The lowest BCUT2D eigenvalue weighted by Gasteiger charge is -2.23. The molecule has 2 aliphatic heterocycles. The van der Waals surface area contributed by atoms with Gasteiger partial charge in [0.05, 0.1) is 12.2 Å². The van der Waals surface area contributed by atoms with Gasteiger partial charge in [-0.2, -0.15) is 0 Å². The molecule has 2 saturated heterocycles. The number of hydrogen-bond donors (Lipinski definition) is 0. The number of ether oxygens (including phenoxy) is 4. The molecule has 164 valence electrons. The van der Waals surface area contributed by atoms with Gasteiger partial charge in [-0.15, -0.1) is 0 Å². The molecule has 5 atom stereocenters. The van der Waals surface area contributed by atoms with Gasteiger partial charge in [0, 0.05) is 0 Å². The number of hydrogen-bond acceptors (Lipinski definition) is 4. The van der Waals surface area contributed by atoms with Crippen molar-refractivity contribution in [2.45, 2.75) is 70.4 Å². The van der Waals surface area contributed by atoms with E-state index in [2.05, 4.69) is 69.3 Å². The van der Waals surface area contributed by atoms with Crippen LogP contribution in [0.4, 0.5) is 0 Å². The number of epoxide rings is 2. The van der Waals surface area contributed by atoms with Gasteiger partial charge in [-0.1, -0.05) is 24.3 Å². The molecular formula is C27H32O4. The summed E-state index contributed by atoms with van der Waals surface area (Å²) >= 11 is 0. The van der Waals surface area contributed by atoms with Crippen LogP contribution in [0.5, 0.6) is 11.5 Å².